The summed E-state index contributed by atoms with van der Waals surface area (Å²) in [5, 5.41) is 2.90. The number of anilines is 2. The van der Waals surface area contributed by atoms with Gasteiger partial charge in [0.05, 0.1) is 6.10 Å². The summed E-state index contributed by atoms with van der Waals surface area (Å²) in [5.41, 5.74) is 8.24. The fourth-order valence-corrected chi connectivity index (χ4v) is 2.54. The molecule has 0 radical (unpaired) electrons. The number of nitrogens with two attached hydrogens (primary N) is 1. The summed E-state index contributed by atoms with van der Waals surface area (Å²) in [7, 11) is 0. The molecule has 0 atom stereocenters. The number of carbonyl (C=O) groups excluding carboxylic acids is 1. The number of nitrogens with one attached hydrogen (secondary N) is 1. The van der Waals surface area contributed by atoms with Gasteiger partial charge in [0.15, 0.2) is 0 Å². The summed E-state index contributed by atoms with van der Waals surface area (Å²) in [6.45, 7) is 2.59. The summed E-state index contributed by atoms with van der Waals surface area (Å²) in [4.78, 5) is 11.9. The minimum atomic E-state index is 0.0220. The Bertz CT molecular complexity index is 454. The average Bonchev–Trinajstić information content (AvgIpc) is 2.93. The Hall–Kier alpha value is -1.55. The first-order chi connectivity index (χ1) is 9.66. The zero-order chi connectivity index (χ0) is 14.4. The SMILES string of the molecule is Cc1c(N)cccc1NC(=O)CCCOC1CCCC1. The third-order valence-electron chi connectivity index (χ3n) is 3.85. The fraction of sp³-hybridized carbons (Fsp3) is 0.562. The number of benzene rings is 1. The van der Waals surface area contributed by atoms with E-state index >= 15 is 0 Å². The number of nitrogen functional groups attached to an aromatic ring is 1. The molecule has 0 spiro atoms. The molecule has 1 aromatic rings. The van der Waals surface area contributed by atoms with Gasteiger partial charge < -0.3 is 15.8 Å². The first kappa shape index (κ1) is 14.9. The number of hydrogen-bond donors (Lipinski definition) is 2. The largest absolute Gasteiger partial charge is 0.398 e. The van der Waals surface area contributed by atoms with Crippen LogP contribution in [0.2, 0.25) is 0 Å². The van der Waals surface area contributed by atoms with Gasteiger partial charge >= 0.3 is 0 Å². The van der Waals surface area contributed by atoms with Gasteiger partial charge in [0.1, 0.15) is 0 Å². The van der Waals surface area contributed by atoms with Gasteiger partial charge in [0.2, 0.25) is 5.91 Å². The number of amides is 1. The maximum absolute atomic E-state index is 11.9. The van der Waals surface area contributed by atoms with E-state index in [2.05, 4.69) is 5.32 Å². The van der Waals surface area contributed by atoms with E-state index in [9.17, 15) is 4.79 Å². The summed E-state index contributed by atoms with van der Waals surface area (Å²) in [5.74, 6) is 0.0220. The van der Waals surface area contributed by atoms with Crippen LogP contribution in [0, 0.1) is 6.92 Å². The van der Waals surface area contributed by atoms with Crippen molar-refractivity contribution in [2.24, 2.45) is 0 Å². The quantitative estimate of drug-likeness (QED) is 0.619. The van der Waals surface area contributed by atoms with Crippen LogP contribution in [-0.4, -0.2) is 18.6 Å². The van der Waals surface area contributed by atoms with Gasteiger partial charge in [-0.15, -0.1) is 0 Å². The second-order valence-corrected chi connectivity index (χ2v) is 5.45. The Morgan fingerprint density at radius 1 is 1.40 bits per heavy atom. The second-order valence-electron chi connectivity index (χ2n) is 5.45. The predicted octanol–water partition coefficient (Wildman–Crippen LogP) is 3.26. The number of rotatable bonds is 6. The Morgan fingerprint density at radius 2 is 2.15 bits per heavy atom. The smallest absolute Gasteiger partial charge is 0.224 e. The molecule has 1 fully saturated rings. The lowest BCUT2D eigenvalue weighted by molar-refractivity contribution is -0.116. The van der Waals surface area contributed by atoms with Gasteiger partial charge in [-0.05, 0) is 43.9 Å². The number of ether oxygens (including phenoxy) is 1. The van der Waals surface area contributed by atoms with Crippen molar-refractivity contribution in [3.8, 4) is 0 Å². The molecule has 1 saturated carbocycles. The van der Waals surface area contributed by atoms with Crippen LogP contribution in [0.1, 0.15) is 44.1 Å². The molecule has 2 rings (SSSR count). The molecule has 0 aromatic heterocycles. The van der Waals surface area contributed by atoms with Crippen LogP contribution in [0.5, 0.6) is 0 Å². The van der Waals surface area contributed by atoms with Crippen LogP contribution in [0.25, 0.3) is 0 Å². The zero-order valence-corrected chi connectivity index (χ0v) is 12.2. The molecule has 0 unspecified atom stereocenters. The Labute approximate surface area is 120 Å². The molecular weight excluding hydrogens is 252 g/mol. The lowest BCUT2D eigenvalue weighted by atomic mass is 10.1. The molecule has 1 amide bonds. The van der Waals surface area contributed by atoms with Crippen molar-refractivity contribution < 1.29 is 9.53 Å². The van der Waals surface area contributed by atoms with Crippen molar-refractivity contribution >= 4 is 17.3 Å². The molecule has 0 bridgehead atoms. The van der Waals surface area contributed by atoms with Crippen LogP contribution < -0.4 is 11.1 Å². The molecule has 1 aliphatic carbocycles. The lowest BCUT2D eigenvalue weighted by Crippen LogP contribution is -2.15. The van der Waals surface area contributed by atoms with E-state index in [1.54, 1.807) is 0 Å². The topological polar surface area (TPSA) is 64.3 Å². The molecule has 0 heterocycles. The van der Waals surface area contributed by atoms with Crippen molar-refractivity contribution in [1.29, 1.82) is 0 Å². The minimum Gasteiger partial charge on any atom is -0.398 e. The first-order valence-corrected chi connectivity index (χ1v) is 7.43. The van der Waals surface area contributed by atoms with Crippen LogP contribution >= 0.6 is 0 Å². The summed E-state index contributed by atoms with van der Waals surface area (Å²) >= 11 is 0. The minimum absolute atomic E-state index is 0.0220. The van der Waals surface area contributed by atoms with Crippen LogP contribution in [0.15, 0.2) is 18.2 Å². The standard InChI is InChI=1S/C16H24N2O2/c1-12-14(17)8-4-9-15(12)18-16(19)10-5-11-20-13-6-2-3-7-13/h4,8-9,13H,2-3,5-7,10-11,17H2,1H3,(H,18,19). The zero-order valence-electron chi connectivity index (χ0n) is 12.2. The molecule has 20 heavy (non-hydrogen) atoms. The van der Waals surface area contributed by atoms with Gasteiger partial charge in [-0.1, -0.05) is 18.9 Å². The predicted molar refractivity (Wildman–Crippen MR) is 81.7 cm³/mol. The van der Waals surface area contributed by atoms with Crippen molar-refractivity contribution in [2.75, 3.05) is 17.7 Å². The molecule has 0 saturated heterocycles. The number of carbonyl (C=O) groups is 1. The van der Waals surface area contributed by atoms with Gasteiger partial charge in [0.25, 0.3) is 0 Å². The lowest BCUT2D eigenvalue weighted by Gasteiger charge is -2.12. The van der Waals surface area contributed by atoms with Crippen molar-refractivity contribution in [2.45, 2.75) is 51.6 Å². The van der Waals surface area contributed by atoms with E-state index in [-0.39, 0.29) is 5.91 Å². The summed E-state index contributed by atoms with van der Waals surface area (Å²) in [6, 6.07) is 5.56. The molecule has 1 aromatic carbocycles. The summed E-state index contributed by atoms with van der Waals surface area (Å²) in [6.07, 6.45) is 6.59. The Morgan fingerprint density at radius 3 is 2.90 bits per heavy atom. The van der Waals surface area contributed by atoms with E-state index < -0.39 is 0 Å². The van der Waals surface area contributed by atoms with Crippen molar-refractivity contribution in [3.63, 3.8) is 0 Å². The van der Waals surface area contributed by atoms with Crippen molar-refractivity contribution in [1.82, 2.24) is 0 Å². The van der Waals surface area contributed by atoms with Gasteiger partial charge in [0, 0.05) is 24.4 Å². The Kier molecular flexibility index (Phi) is 5.41. The van der Waals surface area contributed by atoms with E-state index in [0.717, 1.165) is 17.7 Å². The third kappa shape index (κ3) is 4.23. The molecular formula is C16H24N2O2. The third-order valence-corrected chi connectivity index (χ3v) is 3.85. The monoisotopic (exact) mass is 276 g/mol. The van der Waals surface area contributed by atoms with E-state index in [1.807, 2.05) is 25.1 Å². The van der Waals surface area contributed by atoms with E-state index in [4.69, 9.17) is 10.5 Å². The highest BCUT2D eigenvalue weighted by Crippen LogP contribution is 2.22. The molecule has 4 nitrogen and oxygen atoms in total. The highest BCUT2D eigenvalue weighted by atomic mass is 16.5. The van der Waals surface area contributed by atoms with Gasteiger partial charge in [-0.25, -0.2) is 0 Å². The highest BCUT2D eigenvalue weighted by Gasteiger charge is 2.15. The molecule has 0 aliphatic heterocycles. The van der Waals surface area contributed by atoms with Crippen molar-refractivity contribution in [3.05, 3.63) is 23.8 Å². The second kappa shape index (κ2) is 7.29. The van der Waals surface area contributed by atoms with Crippen LogP contribution in [0.3, 0.4) is 0 Å². The first-order valence-electron chi connectivity index (χ1n) is 7.43. The molecule has 1 aliphatic rings. The van der Waals surface area contributed by atoms with Crippen LogP contribution in [0.4, 0.5) is 11.4 Å². The molecule has 3 N–H and O–H groups in total. The maximum atomic E-state index is 11.9. The van der Waals surface area contributed by atoms with Gasteiger partial charge in [-0.2, -0.15) is 0 Å². The van der Waals surface area contributed by atoms with Crippen LogP contribution in [-0.2, 0) is 9.53 Å². The fourth-order valence-electron chi connectivity index (χ4n) is 2.54. The van der Waals surface area contributed by atoms with E-state index in [1.165, 1.54) is 25.7 Å². The Balaban J connectivity index is 1.68. The molecule has 4 heteroatoms. The highest BCUT2D eigenvalue weighted by molar-refractivity contribution is 5.92. The van der Waals surface area contributed by atoms with E-state index in [0.29, 0.717) is 24.8 Å². The maximum Gasteiger partial charge on any atom is 0.224 e. The summed E-state index contributed by atoms with van der Waals surface area (Å²) < 4.78 is 5.75. The molecule has 110 valence electrons. The normalized spacial score (nSPS) is 15.4. The van der Waals surface area contributed by atoms with Gasteiger partial charge in [-0.3, -0.25) is 4.79 Å². The number of hydrogen-bond acceptors (Lipinski definition) is 3. The average molecular weight is 276 g/mol.